The third-order valence-electron chi connectivity index (χ3n) is 7.25. The number of hydrogen-bond donors (Lipinski definition) is 0. The van der Waals surface area contributed by atoms with E-state index in [1.807, 2.05) is 40.1 Å². The summed E-state index contributed by atoms with van der Waals surface area (Å²) in [4.78, 5) is 36.3. The number of amides is 2. The van der Waals surface area contributed by atoms with Crippen molar-refractivity contribution in [3.05, 3.63) is 72.3 Å². The van der Waals surface area contributed by atoms with Gasteiger partial charge < -0.3 is 9.80 Å². The minimum absolute atomic E-state index is 0.0873. The molecule has 0 aliphatic carbocycles. The Hall–Kier alpha value is -3.16. The van der Waals surface area contributed by atoms with Crippen LogP contribution >= 0.6 is 11.8 Å². The van der Waals surface area contributed by atoms with Crippen LogP contribution in [0.25, 0.3) is 21.9 Å². The molecule has 35 heavy (non-hydrogen) atoms. The minimum Gasteiger partial charge on any atom is -0.335 e. The smallest absolute Gasteiger partial charge is 0.278 e. The van der Waals surface area contributed by atoms with Crippen LogP contribution in [0.5, 0.6) is 0 Å². The number of hydrogen-bond acceptors (Lipinski definition) is 5. The zero-order valence-electron chi connectivity index (χ0n) is 19.6. The van der Waals surface area contributed by atoms with Crippen molar-refractivity contribution in [2.75, 3.05) is 51.6 Å². The molecule has 0 saturated carbocycles. The SMILES string of the molecule is O=C(C1=NCCS1)N1CCN(C2CN(C(=O)c3ccc4c(-c5ccccc5)cccc4c3)C2)CC1. The second-order valence-corrected chi connectivity index (χ2v) is 10.4. The van der Waals surface area contributed by atoms with Crippen LogP contribution in [-0.2, 0) is 4.79 Å². The van der Waals surface area contributed by atoms with Crippen LogP contribution in [0.15, 0.2) is 71.7 Å². The fourth-order valence-electron chi connectivity index (χ4n) is 5.21. The van der Waals surface area contributed by atoms with Crippen molar-refractivity contribution in [2.24, 2.45) is 4.99 Å². The minimum atomic E-state index is 0.0873. The van der Waals surface area contributed by atoms with E-state index in [-0.39, 0.29) is 11.8 Å². The summed E-state index contributed by atoms with van der Waals surface area (Å²) in [5.74, 6) is 1.10. The maximum Gasteiger partial charge on any atom is 0.278 e. The Morgan fingerprint density at radius 2 is 1.63 bits per heavy atom. The van der Waals surface area contributed by atoms with Gasteiger partial charge in [-0.05, 0) is 34.0 Å². The molecular weight excluding hydrogens is 456 g/mol. The average molecular weight is 485 g/mol. The van der Waals surface area contributed by atoms with Gasteiger partial charge in [0, 0.05) is 63.2 Å². The molecule has 7 heteroatoms. The molecule has 3 aromatic carbocycles. The Labute approximate surface area is 209 Å². The molecule has 0 aromatic heterocycles. The number of nitrogens with zero attached hydrogens (tertiary/aromatic N) is 4. The number of fused-ring (bicyclic) bond motifs is 1. The van der Waals surface area contributed by atoms with Gasteiger partial charge in [0.05, 0.1) is 0 Å². The standard InChI is InChI=1S/C28H28N4O2S/c33-27(22-9-10-25-21(17-22)7-4-8-24(25)20-5-2-1-3-6-20)32-18-23(19-32)30-12-14-31(15-13-30)28(34)26-29-11-16-35-26/h1-10,17,23H,11-16,18-19H2. The number of rotatable bonds is 4. The first-order valence-electron chi connectivity index (χ1n) is 12.3. The van der Waals surface area contributed by atoms with Gasteiger partial charge in [-0.25, -0.2) is 0 Å². The molecule has 0 spiro atoms. The van der Waals surface area contributed by atoms with Crippen LogP contribution in [0.4, 0.5) is 0 Å². The van der Waals surface area contributed by atoms with Crippen molar-refractivity contribution in [1.29, 1.82) is 0 Å². The summed E-state index contributed by atoms with van der Waals surface area (Å²) in [5.41, 5.74) is 3.10. The summed E-state index contributed by atoms with van der Waals surface area (Å²) in [6, 6.07) is 23.0. The molecule has 6 nitrogen and oxygen atoms in total. The quantitative estimate of drug-likeness (QED) is 0.568. The van der Waals surface area contributed by atoms with Crippen LogP contribution in [0, 0.1) is 0 Å². The van der Waals surface area contributed by atoms with Gasteiger partial charge in [-0.15, -0.1) is 0 Å². The largest absolute Gasteiger partial charge is 0.335 e. The monoisotopic (exact) mass is 484 g/mol. The molecule has 0 unspecified atom stereocenters. The molecule has 2 fully saturated rings. The van der Waals surface area contributed by atoms with E-state index in [9.17, 15) is 9.59 Å². The summed E-state index contributed by atoms with van der Waals surface area (Å²) in [6.45, 7) is 5.43. The van der Waals surface area contributed by atoms with Crippen molar-refractivity contribution in [2.45, 2.75) is 6.04 Å². The third kappa shape index (κ3) is 4.34. The number of carbonyl (C=O) groups is 2. The summed E-state index contributed by atoms with van der Waals surface area (Å²) in [7, 11) is 0. The Kier molecular flexibility index (Phi) is 6.04. The summed E-state index contributed by atoms with van der Waals surface area (Å²) < 4.78 is 0. The van der Waals surface area contributed by atoms with Gasteiger partial charge in [-0.3, -0.25) is 19.5 Å². The molecule has 3 heterocycles. The second kappa shape index (κ2) is 9.47. The van der Waals surface area contributed by atoms with E-state index in [2.05, 4.69) is 46.3 Å². The molecular formula is C28H28N4O2S. The molecule has 0 bridgehead atoms. The van der Waals surface area contributed by atoms with Crippen LogP contribution in [0.2, 0.25) is 0 Å². The Morgan fingerprint density at radius 1 is 0.829 bits per heavy atom. The van der Waals surface area contributed by atoms with Gasteiger partial charge in [0.1, 0.15) is 0 Å². The van der Waals surface area contributed by atoms with E-state index in [4.69, 9.17) is 0 Å². The molecule has 3 aliphatic rings. The van der Waals surface area contributed by atoms with Gasteiger partial charge >= 0.3 is 0 Å². The molecule has 2 amide bonds. The lowest BCUT2D eigenvalue weighted by Crippen LogP contribution is -2.64. The molecule has 0 atom stereocenters. The van der Waals surface area contributed by atoms with E-state index in [1.54, 1.807) is 11.8 Å². The van der Waals surface area contributed by atoms with Gasteiger partial charge in [0.2, 0.25) is 0 Å². The lowest BCUT2D eigenvalue weighted by Gasteiger charge is -2.48. The number of aliphatic imine (C=N–C) groups is 1. The van der Waals surface area contributed by atoms with Crippen LogP contribution in [0.1, 0.15) is 10.4 Å². The number of thioether (sulfide) groups is 1. The molecule has 2 saturated heterocycles. The topological polar surface area (TPSA) is 56.2 Å². The van der Waals surface area contributed by atoms with Crippen molar-refractivity contribution >= 4 is 39.4 Å². The molecule has 0 N–H and O–H groups in total. The maximum atomic E-state index is 13.2. The van der Waals surface area contributed by atoms with Crippen LogP contribution in [0.3, 0.4) is 0 Å². The van der Waals surface area contributed by atoms with Crippen molar-refractivity contribution in [1.82, 2.24) is 14.7 Å². The first kappa shape index (κ1) is 22.3. The van der Waals surface area contributed by atoms with E-state index >= 15 is 0 Å². The van der Waals surface area contributed by atoms with Crippen molar-refractivity contribution in [3.63, 3.8) is 0 Å². The fourth-order valence-corrected chi connectivity index (χ4v) is 6.02. The molecule has 3 aliphatic heterocycles. The van der Waals surface area contributed by atoms with Crippen molar-refractivity contribution < 1.29 is 9.59 Å². The summed E-state index contributed by atoms with van der Waals surface area (Å²) >= 11 is 1.57. The highest BCUT2D eigenvalue weighted by Gasteiger charge is 2.37. The highest BCUT2D eigenvalue weighted by atomic mass is 32.2. The molecule has 0 radical (unpaired) electrons. The van der Waals surface area contributed by atoms with Gasteiger partial charge in [-0.2, -0.15) is 0 Å². The molecule has 178 valence electrons. The summed E-state index contributed by atoms with van der Waals surface area (Å²) in [5, 5.41) is 2.91. The number of carbonyl (C=O) groups excluding carboxylic acids is 2. The van der Waals surface area contributed by atoms with E-state index in [0.717, 1.165) is 67.9 Å². The van der Waals surface area contributed by atoms with E-state index in [1.165, 1.54) is 11.1 Å². The maximum absolute atomic E-state index is 13.2. The Balaban J connectivity index is 1.07. The van der Waals surface area contributed by atoms with E-state index in [0.29, 0.717) is 11.1 Å². The normalized spacial score (nSPS) is 19.0. The zero-order chi connectivity index (χ0) is 23.8. The second-order valence-electron chi connectivity index (χ2n) is 9.33. The van der Waals surface area contributed by atoms with E-state index < -0.39 is 0 Å². The van der Waals surface area contributed by atoms with Gasteiger partial charge in [-0.1, -0.05) is 66.4 Å². The Bertz CT molecular complexity index is 1290. The number of piperazine rings is 1. The predicted molar refractivity (Wildman–Crippen MR) is 142 cm³/mol. The number of likely N-dealkylation sites (tertiary alicyclic amines) is 1. The first-order valence-corrected chi connectivity index (χ1v) is 13.2. The lowest BCUT2D eigenvalue weighted by atomic mass is 9.96. The first-order chi connectivity index (χ1) is 17.2. The predicted octanol–water partition coefficient (Wildman–Crippen LogP) is 3.62. The fraction of sp³-hybridized carbons (Fsp3) is 0.321. The third-order valence-corrected chi connectivity index (χ3v) is 8.21. The van der Waals surface area contributed by atoms with Crippen LogP contribution in [-0.4, -0.2) is 89.2 Å². The Morgan fingerprint density at radius 3 is 2.37 bits per heavy atom. The van der Waals surface area contributed by atoms with Crippen molar-refractivity contribution in [3.8, 4) is 11.1 Å². The molecule has 6 rings (SSSR count). The zero-order valence-corrected chi connectivity index (χ0v) is 20.4. The average Bonchev–Trinajstić information content (AvgIpc) is 3.43. The highest BCUT2D eigenvalue weighted by Crippen LogP contribution is 2.30. The number of benzene rings is 3. The lowest BCUT2D eigenvalue weighted by molar-refractivity contribution is -0.126. The highest BCUT2D eigenvalue weighted by molar-refractivity contribution is 8.16. The van der Waals surface area contributed by atoms with Crippen LogP contribution < -0.4 is 0 Å². The summed E-state index contributed by atoms with van der Waals surface area (Å²) in [6.07, 6.45) is 0. The van der Waals surface area contributed by atoms with Gasteiger partial charge in [0.25, 0.3) is 11.8 Å². The van der Waals surface area contributed by atoms with Gasteiger partial charge in [0.15, 0.2) is 5.04 Å². The molecule has 3 aromatic rings.